The fourth-order valence-electron chi connectivity index (χ4n) is 1.70. The molecule has 1 aromatic rings. The van der Waals surface area contributed by atoms with Crippen molar-refractivity contribution in [2.75, 3.05) is 19.2 Å². The second-order valence-corrected chi connectivity index (χ2v) is 3.39. The molecule has 0 saturated carbocycles. The Kier molecular flexibility index (Phi) is 2.24. The third kappa shape index (κ3) is 1.50. The Morgan fingerprint density at radius 3 is 3.00 bits per heavy atom. The molecular formula is C10H12N2O3. The second kappa shape index (κ2) is 3.43. The van der Waals surface area contributed by atoms with E-state index in [0.29, 0.717) is 0 Å². The normalized spacial score (nSPS) is 18.8. The number of rotatable bonds is 1. The third-order valence-corrected chi connectivity index (χ3v) is 2.45. The summed E-state index contributed by atoms with van der Waals surface area (Å²) in [6.07, 6.45) is 0. The maximum absolute atomic E-state index is 11.4. The van der Waals surface area contributed by atoms with E-state index in [0.717, 1.165) is 11.3 Å². The number of phenolic OH excluding ortho intramolecular Hbond substituents is 1. The number of phenols is 1. The molecule has 2 N–H and O–H groups in total. The number of fused-ring (bicyclic) bond motifs is 1. The molecule has 0 bridgehead atoms. The van der Waals surface area contributed by atoms with Gasteiger partial charge in [0.15, 0.2) is 6.04 Å². The number of methoxy groups -OCH3 is 1. The zero-order valence-electron chi connectivity index (χ0n) is 8.52. The molecule has 0 amide bonds. The maximum atomic E-state index is 11.4. The molecule has 0 radical (unpaired) electrons. The summed E-state index contributed by atoms with van der Waals surface area (Å²) in [7, 11) is 3.13. The van der Waals surface area contributed by atoms with E-state index in [9.17, 15) is 9.90 Å². The molecule has 0 aliphatic carbocycles. The highest BCUT2D eigenvalue weighted by molar-refractivity contribution is 5.83. The molecule has 1 heterocycles. The van der Waals surface area contributed by atoms with Crippen LogP contribution >= 0.6 is 0 Å². The number of hydrogen-bond acceptors (Lipinski definition) is 5. The number of carbonyl (C=O) groups excluding carboxylic acids is 1. The topological polar surface area (TPSA) is 61.8 Å². The van der Waals surface area contributed by atoms with E-state index in [-0.39, 0.29) is 11.7 Å². The molecule has 1 aromatic carbocycles. The van der Waals surface area contributed by atoms with Gasteiger partial charge in [0, 0.05) is 18.7 Å². The minimum Gasteiger partial charge on any atom is -0.508 e. The van der Waals surface area contributed by atoms with Crippen LogP contribution in [0, 0.1) is 0 Å². The van der Waals surface area contributed by atoms with Gasteiger partial charge in [-0.25, -0.2) is 10.2 Å². The fourth-order valence-corrected chi connectivity index (χ4v) is 1.70. The summed E-state index contributed by atoms with van der Waals surface area (Å²) in [5.41, 5.74) is 4.54. The Bertz CT molecular complexity index is 406. The van der Waals surface area contributed by atoms with Crippen molar-refractivity contribution < 1.29 is 14.6 Å². The predicted molar refractivity (Wildman–Crippen MR) is 54.4 cm³/mol. The van der Waals surface area contributed by atoms with Gasteiger partial charge in [0.1, 0.15) is 5.75 Å². The lowest BCUT2D eigenvalue weighted by molar-refractivity contribution is -0.143. The molecule has 1 atom stereocenters. The molecule has 0 spiro atoms. The average molecular weight is 208 g/mol. The first kappa shape index (κ1) is 9.79. The summed E-state index contributed by atoms with van der Waals surface area (Å²) in [5.74, 6) is -0.167. The van der Waals surface area contributed by atoms with Gasteiger partial charge in [-0.1, -0.05) is 6.07 Å². The van der Waals surface area contributed by atoms with Gasteiger partial charge in [-0.2, -0.15) is 0 Å². The van der Waals surface area contributed by atoms with Crippen molar-refractivity contribution >= 4 is 11.7 Å². The van der Waals surface area contributed by atoms with Gasteiger partial charge < -0.3 is 14.9 Å². The zero-order valence-corrected chi connectivity index (χ0v) is 8.52. The van der Waals surface area contributed by atoms with E-state index >= 15 is 0 Å². The van der Waals surface area contributed by atoms with Gasteiger partial charge >= 0.3 is 5.97 Å². The third-order valence-electron chi connectivity index (χ3n) is 2.45. The van der Waals surface area contributed by atoms with Crippen LogP contribution in [-0.4, -0.2) is 25.2 Å². The van der Waals surface area contributed by atoms with Crippen LogP contribution in [0.25, 0.3) is 0 Å². The van der Waals surface area contributed by atoms with Crippen LogP contribution in [0.15, 0.2) is 18.2 Å². The van der Waals surface area contributed by atoms with E-state index < -0.39 is 6.04 Å². The first-order valence-corrected chi connectivity index (χ1v) is 4.54. The van der Waals surface area contributed by atoms with Crippen LogP contribution < -0.4 is 10.4 Å². The number of aromatic hydroxyl groups is 1. The Balaban J connectivity index is 2.42. The van der Waals surface area contributed by atoms with Gasteiger partial charge in [-0.15, -0.1) is 0 Å². The highest BCUT2D eigenvalue weighted by Crippen LogP contribution is 2.34. The van der Waals surface area contributed by atoms with E-state index in [4.69, 9.17) is 0 Å². The van der Waals surface area contributed by atoms with E-state index in [1.165, 1.54) is 7.11 Å². The Morgan fingerprint density at radius 1 is 1.60 bits per heavy atom. The van der Waals surface area contributed by atoms with Gasteiger partial charge in [0.05, 0.1) is 12.8 Å². The minimum atomic E-state index is -0.490. The lowest BCUT2D eigenvalue weighted by Crippen LogP contribution is -2.34. The van der Waals surface area contributed by atoms with Gasteiger partial charge in [0.25, 0.3) is 0 Å². The molecule has 1 unspecified atom stereocenters. The molecular weight excluding hydrogens is 196 g/mol. The Labute approximate surface area is 87.2 Å². The van der Waals surface area contributed by atoms with Gasteiger partial charge in [-0.3, -0.25) is 0 Å². The van der Waals surface area contributed by atoms with E-state index in [1.807, 2.05) is 0 Å². The van der Waals surface area contributed by atoms with Crippen molar-refractivity contribution in [3.63, 3.8) is 0 Å². The number of carbonyl (C=O) groups is 1. The minimum absolute atomic E-state index is 0.174. The molecule has 0 saturated heterocycles. The van der Waals surface area contributed by atoms with Crippen LogP contribution in [0.5, 0.6) is 5.75 Å². The number of nitrogens with one attached hydrogen (secondary N) is 1. The van der Waals surface area contributed by atoms with Gasteiger partial charge in [0.2, 0.25) is 0 Å². The molecule has 1 aliphatic rings. The molecule has 80 valence electrons. The Morgan fingerprint density at radius 2 is 2.33 bits per heavy atom. The van der Waals surface area contributed by atoms with Crippen molar-refractivity contribution in [3.05, 3.63) is 23.8 Å². The lowest BCUT2D eigenvalue weighted by Gasteiger charge is -2.13. The number of hydrogen-bond donors (Lipinski definition) is 2. The summed E-state index contributed by atoms with van der Waals surface area (Å²) in [6, 6.07) is 4.37. The molecule has 2 rings (SSSR count). The van der Waals surface area contributed by atoms with Crippen LogP contribution in [-0.2, 0) is 9.53 Å². The zero-order chi connectivity index (χ0) is 11.0. The van der Waals surface area contributed by atoms with Crippen molar-refractivity contribution in [1.82, 2.24) is 5.43 Å². The Hall–Kier alpha value is -1.75. The van der Waals surface area contributed by atoms with E-state index in [2.05, 4.69) is 10.2 Å². The number of hydrazine groups is 1. The van der Waals surface area contributed by atoms with Gasteiger partial charge in [-0.05, 0) is 6.07 Å². The first-order chi connectivity index (χ1) is 7.13. The molecule has 0 aromatic heterocycles. The quantitative estimate of drug-likeness (QED) is 0.660. The summed E-state index contributed by atoms with van der Waals surface area (Å²) in [5, 5.41) is 11.0. The smallest absolute Gasteiger partial charge is 0.329 e. The predicted octanol–water partition coefficient (Wildman–Crippen LogP) is 0.561. The fraction of sp³-hybridized carbons (Fsp3) is 0.300. The summed E-state index contributed by atoms with van der Waals surface area (Å²) in [4.78, 5) is 11.4. The standard InChI is InChI=1S/C10H12N2O3/c1-12-8-5-6(13)3-4-7(8)9(11-12)10(14)15-2/h3-5,9,11,13H,1-2H3. The van der Waals surface area contributed by atoms with Crippen molar-refractivity contribution in [1.29, 1.82) is 0 Å². The van der Waals surface area contributed by atoms with E-state index in [1.54, 1.807) is 30.3 Å². The lowest BCUT2D eigenvalue weighted by atomic mass is 10.1. The highest BCUT2D eigenvalue weighted by atomic mass is 16.5. The second-order valence-electron chi connectivity index (χ2n) is 3.39. The highest BCUT2D eigenvalue weighted by Gasteiger charge is 2.32. The number of esters is 1. The van der Waals surface area contributed by atoms with Crippen molar-refractivity contribution in [3.8, 4) is 5.75 Å². The van der Waals surface area contributed by atoms with Crippen LogP contribution in [0.3, 0.4) is 0 Å². The molecule has 5 nitrogen and oxygen atoms in total. The largest absolute Gasteiger partial charge is 0.508 e. The number of anilines is 1. The molecule has 0 fully saturated rings. The summed E-state index contributed by atoms with van der Waals surface area (Å²) in [6.45, 7) is 0. The van der Waals surface area contributed by atoms with Crippen molar-refractivity contribution in [2.45, 2.75) is 6.04 Å². The van der Waals surface area contributed by atoms with Crippen LogP contribution in [0.1, 0.15) is 11.6 Å². The number of benzene rings is 1. The number of nitrogens with zero attached hydrogens (tertiary/aromatic N) is 1. The van der Waals surface area contributed by atoms with Crippen LogP contribution in [0.2, 0.25) is 0 Å². The average Bonchev–Trinajstić information content (AvgIpc) is 2.55. The SMILES string of the molecule is COC(=O)C1NN(C)c2cc(O)ccc21. The summed E-state index contributed by atoms with van der Waals surface area (Å²) >= 11 is 0. The maximum Gasteiger partial charge on any atom is 0.329 e. The molecule has 15 heavy (non-hydrogen) atoms. The van der Waals surface area contributed by atoms with Crippen LogP contribution in [0.4, 0.5) is 5.69 Å². The van der Waals surface area contributed by atoms with Crippen molar-refractivity contribution in [2.24, 2.45) is 0 Å². The molecule has 1 aliphatic heterocycles. The number of ether oxygens (including phenoxy) is 1. The monoisotopic (exact) mass is 208 g/mol. The first-order valence-electron chi connectivity index (χ1n) is 4.54. The molecule has 5 heteroatoms. The summed E-state index contributed by atoms with van der Waals surface area (Å²) < 4.78 is 4.68.